The molecule has 128 valence electrons. The largest absolute Gasteiger partial charge is 0.226 e. The van der Waals surface area contributed by atoms with Crippen LogP contribution in [-0.4, -0.2) is 15.0 Å². The molecule has 0 fully saturated rings. The van der Waals surface area contributed by atoms with E-state index in [-0.39, 0.29) is 5.28 Å². The summed E-state index contributed by atoms with van der Waals surface area (Å²) in [6.45, 7) is 0. The molecule has 0 unspecified atom stereocenters. The Morgan fingerprint density at radius 3 is 2.04 bits per heavy atom. The molecule has 0 atom stereocenters. The Bertz CT molecular complexity index is 1280. The molecule has 3 nitrogen and oxygen atoms in total. The van der Waals surface area contributed by atoms with Crippen molar-refractivity contribution in [1.29, 1.82) is 0 Å². The Kier molecular flexibility index (Phi) is 3.80. The summed E-state index contributed by atoms with van der Waals surface area (Å²) in [6, 6.07) is 28.6. The number of aromatic nitrogens is 3. The van der Waals surface area contributed by atoms with Gasteiger partial charge in [0.2, 0.25) is 5.28 Å². The minimum atomic E-state index is 0.191. The van der Waals surface area contributed by atoms with Crippen LogP contribution in [0.1, 0.15) is 0 Å². The summed E-state index contributed by atoms with van der Waals surface area (Å²) in [7, 11) is 0. The lowest BCUT2D eigenvalue weighted by atomic mass is 9.99. The third-order valence-electron chi connectivity index (χ3n) is 4.63. The number of nitrogens with zero attached hydrogens (tertiary/aromatic N) is 3. The summed E-state index contributed by atoms with van der Waals surface area (Å²) in [4.78, 5) is 13.4. The van der Waals surface area contributed by atoms with Crippen LogP contribution in [0.25, 0.3) is 44.3 Å². The van der Waals surface area contributed by atoms with E-state index >= 15 is 0 Å². The van der Waals surface area contributed by atoms with Crippen molar-refractivity contribution in [2.75, 3.05) is 0 Å². The van der Waals surface area contributed by atoms with Crippen LogP contribution >= 0.6 is 11.6 Å². The molecule has 0 aliphatic carbocycles. The highest BCUT2D eigenvalue weighted by molar-refractivity contribution is 6.28. The van der Waals surface area contributed by atoms with Crippen LogP contribution in [0.2, 0.25) is 5.28 Å². The summed E-state index contributed by atoms with van der Waals surface area (Å²) in [6.07, 6.45) is 0. The molecule has 0 bridgehead atoms. The van der Waals surface area contributed by atoms with Crippen LogP contribution in [0.4, 0.5) is 0 Å². The zero-order valence-electron chi connectivity index (χ0n) is 14.3. The number of benzene rings is 4. The minimum Gasteiger partial charge on any atom is -0.208 e. The van der Waals surface area contributed by atoms with E-state index in [0.717, 1.165) is 21.9 Å². The maximum absolute atomic E-state index is 6.23. The van der Waals surface area contributed by atoms with Crippen LogP contribution < -0.4 is 0 Å². The van der Waals surface area contributed by atoms with Crippen LogP contribution in [0.3, 0.4) is 0 Å². The first-order valence-corrected chi connectivity index (χ1v) is 9.05. The smallest absolute Gasteiger partial charge is 0.208 e. The van der Waals surface area contributed by atoms with E-state index in [1.807, 2.05) is 48.5 Å². The van der Waals surface area contributed by atoms with Gasteiger partial charge in [-0.3, -0.25) is 0 Å². The molecule has 0 aliphatic rings. The molecule has 5 rings (SSSR count). The zero-order chi connectivity index (χ0) is 18.2. The summed E-state index contributed by atoms with van der Waals surface area (Å²) in [5, 5.41) is 4.82. The van der Waals surface area contributed by atoms with E-state index < -0.39 is 0 Å². The SMILES string of the molecule is Clc1nc(-c2ccccc2)nc(-c2cccc3cc4ccccc4cc23)n1. The van der Waals surface area contributed by atoms with E-state index in [1.165, 1.54) is 10.8 Å². The predicted molar refractivity (Wildman–Crippen MR) is 111 cm³/mol. The van der Waals surface area contributed by atoms with E-state index in [2.05, 4.69) is 46.4 Å². The molecule has 0 radical (unpaired) electrons. The van der Waals surface area contributed by atoms with Crippen molar-refractivity contribution in [3.05, 3.63) is 90.2 Å². The Balaban J connectivity index is 1.76. The number of fused-ring (bicyclic) bond motifs is 2. The Hall–Kier alpha value is -3.30. The molecule has 0 amide bonds. The molecule has 1 aromatic heterocycles. The van der Waals surface area contributed by atoms with E-state index in [1.54, 1.807) is 0 Å². The van der Waals surface area contributed by atoms with Gasteiger partial charge in [0.15, 0.2) is 11.6 Å². The highest BCUT2D eigenvalue weighted by Gasteiger charge is 2.12. The highest BCUT2D eigenvalue weighted by atomic mass is 35.5. The van der Waals surface area contributed by atoms with Crippen LogP contribution in [-0.2, 0) is 0 Å². The molecular formula is C23H14ClN3. The fourth-order valence-electron chi connectivity index (χ4n) is 3.35. The van der Waals surface area contributed by atoms with E-state index in [4.69, 9.17) is 16.6 Å². The quantitative estimate of drug-likeness (QED) is 0.350. The van der Waals surface area contributed by atoms with Gasteiger partial charge in [0.05, 0.1) is 0 Å². The first kappa shape index (κ1) is 15.9. The molecule has 0 aliphatic heterocycles. The predicted octanol–water partition coefficient (Wildman–Crippen LogP) is 6.17. The lowest BCUT2D eigenvalue weighted by Crippen LogP contribution is -1.97. The molecule has 1 heterocycles. The lowest BCUT2D eigenvalue weighted by molar-refractivity contribution is 1.07. The second-order valence-corrected chi connectivity index (χ2v) is 6.68. The van der Waals surface area contributed by atoms with Crippen molar-refractivity contribution in [1.82, 2.24) is 15.0 Å². The van der Waals surface area contributed by atoms with E-state index in [0.29, 0.717) is 11.6 Å². The fraction of sp³-hybridized carbons (Fsp3) is 0. The molecule has 0 N–H and O–H groups in total. The summed E-state index contributed by atoms with van der Waals surface area (Å²) >= 11 is 6.23. The van der Waals surface area contributed by atoms with Gasteiger partial charge in [0.1, 0.15) is 0 Å². The van der Waals surface area contributed by atoms with Gasteiger partial charge in [-0.15, -0.1) is 0 Å². The number of hydrogen-bond donors (Lipinski definition) is 0. The Morgan fingerprint density at radius 1 is 0.556 bits per heavy atom. The second kappa shape index (κ2) is 6.45. The monoisotopic (exact) mass is 367 g/mol. The summed E-state index contributed by atoms with van der Waals surface area (Å²) in [5.41, 5.74) is 1.86. The normalized spacial score (nSPS) is 11.1. The average Bonchev–Trinajstić information content (AvgIpc) is 2.72. The van der Waals surface area contributed by atoms with Gasteiger partial charge in [-0.2, -0.15) is 9.97 Å². The van der Waals surface area contributed by atoms with Gasteiger partial charge >= 0.3 is 0 Å². The third-order valence-corrected chi connectivity index (χ3v) is 4.80. The molecule has 5 aromatic rings. The van der Waals surface area contributed by atoms with Crippen molar-refractivity contribution in [2.45, 2.75) is 0 Å². The van der Waals surface area contributed by atoms with Gasteiger partial charge in [0.25, 0.3) is 0 Å². The lowest BCUT2D eigenvalue weighted by Gasteiger charge is -2.09. The number of rotatable bonds is 2. The number of halogens is 1. The summed E-state index contributed by atoms with van der Waals surface area (Å²) in [5.74, 6) is 1.15. The van der Waals surface area contributed by atoms with Gasteiger partial charge < -0.3 is 0 Å². The molecular weight excluding hydrogens is 354 g/mol. The van der Waals surface area contributed by atoms with Crippen molar-refractivity contribution in [3.8, 4) is 22.8 Å². The molecule has 27 heavy (non-hydrogen) atoms. The highest BCUT2D eigenvalue weighted by Crippen LogP contribution is 2.31. The molecule has 4 aromatic carbocycles. The fourth-order valence-corrected chi connectivity index (χ4v) is 3.51. The standard InChI is InChI=1S/C23H14ClN3/c24-23-26-21(15-7-2-1-3-8-15)25-22(27-23)19-12-6-11-18-13-16-9-4-5-10-17(16)14-20(18)19/h1-14H. The Labute approximate surface area is 161 Å². The third kappa shape index (κ3) is 2.92. The van der Waals surface area contributed by atoms with Crippen LogP contribution in [0.15, 0.2) is 84.9 Å². The maximum Gasteiger partial charge on any atom is 0.226 e. The molecule has 0 saturated heterocycles. The van der Waals surface area contributed by atoms with Gasteiger partial charge in [-0.25, -0.2) is 4.98 Å². The van der Waals surface area contributed by atoms with Crippen molar-refractivity contribution in [2.24, 2.45) is 0 Å². The topological polar surface area (TPSA) is 38.7 Å². The van der Waals surface area contributed by atoms with Crippen molar-refractivity contribution in [3.63, 3.8) is 0 Å². The first-order chi connectivity index (χ1) is 13.3. The average molecular weight is 368 g/mol. The summed E-state index contributed by atoms with van der Waals surface area (Å²) < 4.78 is 0. The molecule has 0 spiro atoms. The van der Waals surface area contributed by atoms with E-state index in [9.17, 15) is 0 Å². The van der Waals surface area contributed by atoms with Crippen LogP contribution in [0.5, 0.6) is 0 Å². The van der Waals surface area contributed by atoms with Gasteiger partial charge in [-0.05, 0) is 45.3 Å². The van der Waals surface area contributed by atoms with Crippen molar-refractivity contribution >= 4 is 33.1 Å². The minimum absolute atomic E-state index is 0.191. The zero-order valence-corrected chi connectivity index (χ0v) is 15.1. The second-order valence-electron chi connectivity index (χ2n) is 6.34. The number of hydrogen-bond acceptors (Lipinski definition) is 3. The van der Waals surface area contributed by atoms with Crippen molar-refractivity contribution < 1.29 is 0 Å². The first-order valence-electron chi connectivity index (χ1n) is 8.67. The van der Waals surface area contributed by atoms with Gasteiger partial charge in [0, 0.05) is 11.1 Å². The molecule has 0 saturated carbocycles. The maximum atomic E-state index is 6.23. The molecule has 4 heteroatoms. The Morgan fingerprint density at radius 2 is 1.22 bits per heavy atom. The van der Waals surface area contributed by atoms with Crippen LogP contribution in [0, 0.1) is 0 Å². The van der Waals surface area contributed by atoms with Gasteiger partial charge in [-0.1, -0.05) is 72.8 Å².